The Labute approximate surface area is 158 Å². The monoisotopic (exact) mass is 361 g/mol. The maximum absolute atomic E-state index is 12.4. The number of fused-ring (bicyclic) bond motifs is 1. The van der Waals surface area contributed by atoms with E-state index in [4.69, 9.17) is 4.52 Å². The number of aryl methyl sites for hydroxylation is 3. The zero-order valence-corrected chi connectivity index (χ0v) is 15.4. The molecule has 1 atom stereocenters. The number of hydrogen-bond donors (Lipinski definition) is 1. The van der Waals surface area contributed by atoms with Gasteiger partial charge in [-0.25, -0.2) is 0 Å². The molecule has 138 valence electrons. The van der Waals surface area contributed by atoms with Crippen molar-refractivity contribution in [3.8, 4) is 11.4 Å². The molecule has 5 nitrogen and oxygen atoms in total. The zero-order valence-electron chi connectivity index (χ0n) is 15.4. The van der Waals surface area contributed by atoms with E-state index in [0.29, 0.717) is 24.6 Å². The van der Waals surface area contributed by atoms with Crippen LogP contribution in [0.2, 0.25) is 0 Å². The molecule has 4 rings (SSSR count). The van der Waals surface area contributed by atoms with Crippen molar-refractivity contribution in [2.75, 3.05) is 0 Å². The summed E-state index contributed by atoms with van der Waals surface area (Å²) in [6.45, 7) is 2.04. The fourth-order valence-electron chi connectivity index (χ4n) is 3.57. The number of nitrogens with zero attached hydrogens (tertiary/aromatic N) is 2. The lowest BCUT2D eigenvalue weighted by molar-refractivity contribution is -0.122. The molecule has 1 aliphatic rings. The van der Waals surface area contributed by atoms with Gasteiger partial charge in [0.15, 0.2) is 0 Å². The lowest BCUT2D eigenvalue weighted by Crippen LogP contribution is -2.31. The molecule has 1 N–H and O–H groups in total. The quantitative estimate of drug-likeness (QED) is 0.740. The molecule has 1 aromatic heterocycles. The van der Waals surface area contributed by atoms with Crippen LogP contribution in [0.1, 0.15) is 47.9 Å². The Hall–Kier alpha value is -2.95. The van der Waals surface area contributed by atoms with Gasteiger partial charge in [-0.1, -0.05) is 59.3 Å². The largest absolute Gasteiger partial charge is 0.349 e. The molecule has 0 aliphatic heterocycles. The van der Waals surface area contributed by atoms with Gasteiger partial charge in [0.25, 0.3) is 0 Å². The zero-order chi connectivity index (χ0) is 18.6. The molecule has 5 heteroatoms. The highest BCUT2D eigenvalue weighted by molar-refractivity contribution is 5.76. The molecule has 2 aromatic carbocycles. The first-order chi connectivity index (χ1) is 13.2. The predicted octanol–water partition coefficient (Wildman–Crippen LogP) is 4.17. The second-order valence-electron chi connectivity index (χ2n) is 7.09. The van der Waals surface area contributed by atoms with Gasteiger partial charge >= 0.3 is 0 Å². The molecule has 0 saturated carbocycles. The summed E-state index contributed by atoms with van der Waals surface area (Å²) in [5.74, 6) is 1.07. The summed E-state index contributed by atoms with van der Waals surface area (Å²) < 4.78 is 5.30. The number of aromatic nitrogens is 2. The van der Waals surface area contributed by atoms with Crippen molar-refractivity contribution in [2.45, 2.75) is 45.1 Å². The van der Waals surface area contributed by atoms with Crippen LogP contribution in [-0.4, -0.2) is 16.0 Å². The smallest absolute Gasteiger partial charge is 0.227 e. The fraction of sp³-hybridized carbons (Fsp3) is 0.318. The van der Waals surface area contributed by atoms with Gasteiger partial charge in [0.2, 0.25) is 17.6 Å². The van der Waals surface area contributed by atoms with Crippen molar-refractivity contribution in [1.29, 1.82) is 0 Å². The van der Waals surface area contributed by atoms with Gasteiger partial charge in [-0.3, -0.25) is 4.79 Å². The van der Waals surface area contributed by atoms with E-state index in [1.165, 1.54) is 16.7 Å². The average Bonchev–Trinajstić information content (AvgIpc) is 3.16. The highest BCUT2D eigenvalue weighted by Crippen LogP contribution is 2.29. The van der Waals surface area contributed by atoms with Gasteiger partial charge in [-0.05, 0) is 37.3 Å². The van der Waals surface area contributed by atoms with Crippen LogP contribution in [0, 0.1) is 6.92 Å². The number of carbonyl (C=O) groups is 1. The second kappa shape index (κ2) is 7.74. The third-order valence-electron chi connectivity index (χ3n) is 5.05. The summed E-state index contributed by atoms with van der Waals surface area (Å²) in [5.41, 5.74) is 4.69. The minimum Gasteiger partial charge on any atom is -0.349 e. The standard InChI is InChI=1S/C22H23N3O2/c1-15-9-11-17(12-10-15)22-24-21(27-25-22)14-13-20(26)23-19-8-4-6-16-5-2-3-7-18(16)19/h2-3,5,7,9-12,19H,4,6,8,13-14H2,1H3,(H,23,26)/t19-/m0/s1. The third-order valence-corrected chi connectivity index (χ3v) is 5.05. The summed E-state index contributed by atoms with van der Waals surface area (Å²) >= 11 is 0. The van der Waals surface area contributed by atoms with Gasteiger partial charge in [-0.2, -0.15) is 4.98 Å². The maximum atomic E-state index is 12.4. The molecule has 0 spiro atoms. The molecule has 0 bridgehead atoms. The van der Waals surface area contributed by atoms with Gasteiger partial charge in [0.1, 0.15) is 0 Å². The summed E-state index contributed by atoms with van der Waals surface area (Å²) in [5, 5.41) is 7.18. The van der Waals surface area contributed by atoms with E-state index < -0.39 is 0 Å². The number of amides is 1. The Morgan fingerprint density at radius 2 is 2.00 bits per heavy atom. The molecule has 1 heterocycles. The number of hydrogen-bond acceptors (Lipinski definition) is 4. The highest BCUT2D eigenvalue weighted by atomic mass is 16.5. The number of nitrogens with one attached hydrogen (secondary N) is 1. The van der Waals surface area contributed by atoms with Crippen LogP contribution in [0.15, 0.2) is 53.1 Å². The molecule has 27 heavy (non-hydrogen) atoms. The van der Waals surface area contributed by atoms with Crippen molar-refractivity contribution >= 4 is 5.91 Å². The lowest BCUT2D eigenvalue weighted by Gasteiger charge is -2.26. The van der Waals surface area contributed by atoms with Crippen LogP contribution in [0.4, 0.5) is 0 Å². The van der Waals surface area contributed by atoms with Crippen molar-refractivity contribution in [3.63, 3.8) is 0 Å². The maximum Gasteiger partial charge on any atom is 0.227 e. The molecule has 1 aliphatic carbocycles. The van der Waals surface area contributed by atoms with Gasteiger partial charge in [0.05, 0.1) is 6.04 Å². The van der Waals surface area contributed by atoms with Crippen LogP contribution in [-0.2, 0) is 17.6 Å². The molecule has 0 unspecified atom stereocenters. The van der Waals surface area contributed by atoms with Crippen LogP contribution in [0.5, 0.6) is 0 Å². The van der Waals surface area contributed by atoms with Crippen LogP contribution in [0.3, 0.4) is 0 Å². The first kappa shape index (κ1) is 17.5. The molecule has 1 amide bonds. The molecular formula is C22H23N3O2. The average molecular weight is 361 g/mol. The third kappa shape index (κ3) is 4.08. The minimum absolute atomic E-state index is 0.0202. The minimum atomic E-state index is 0.0202. The Kier molecular flexibility index (Phi) is 5.01. The van der Waals surface area contributed by atoms with E-state index >= 15 is 0 Å². The number of benzene rings is 2. The number of carbonyl (C=O) groups excluding carboxylic acids is 1. The van der Waals surface area contributed by atoms with E-state index in [1.807, 2.05) is 37.3 Å². The van der Waals surface area contributed by atoms with Gasteiger partial charge in [0, 0.05) is 18.4 Å². The molecule has 0 fully saturated rings. The summed E-state index contributed by atoms with van der Waals surface area (Å²) in [6.07, 6.45) is 3.96. The first-order valence-corrected chi connectivity index (χ1v) is 9.46. The van der Waals surface area contributed by atoms with E-state index in [2.05, 4.69) is 33.7 Å². The Bertz CT molecular complexity index is 931. The van der Waals surface area contributed by atoms with E-state index in [1.54, 1.807) is 0 Å². The second-order valence-corrected chi connectivity index (χ2v) is 7.09. The first-order valence-electron chi connectivity index (χ1n) is 9.46. The van der Waals surface area contributed by atoms with E-state index in [-0.39, 0.29) is 11.9 Å². The topological polar surface area (TPSA) is 68.0 Å². The Morgan fingerprint density at radius 1 is 1.19 bits per heavy atom. The van der Waals surface area contributed by atoms with Crippen LogP contribution < -0.4 is 5.32 Å². The molecule has 3 aromatic rings. The van der Waals surface area contributed by atoms with Gasteiger partial charge < -0.3 is 9.84 Å². The van der Waals surface area contributed by atoms with Crippen LogP contribution in [0.25, 0.3) is 11.4 Å². The summed E-state index contributed by atoms with van der Waals surface area (Å²) in [4.78, 5) is 16.8. The van der Waals surface area contributed by atoms with Gasteiger partial charge in [-0.15, -0.1) is 0 Å². The molecular weight excluding hydrogens is 338 g/mol. The van der Waals surface area contributed by atoms with Crippen molar-refractivity contribution in [3.05, 3.63) is 71.1 Å². The molecule has 0 radical (unpaired) electrons. The van der Waals surface area contributed by atoms with Crippen molar-refractivity contribution < 1.29 is 9.32 Å². The highest BCUT2D eigenvalue weighted by Gasteiger charge is 2.21. The summed E-state index contributed by atoms with van der Waals surface area (Å²) in [6, 6.07) is 16.4. The Morgan fingerprint density at radius 3 is 2.85 bits per heavy atom. The van der Waals surface area contributed by atoms with E-state index in [9.17, 15) is 4.79 Å². The fourth-order valence-corrected chi connectivity index (χ4v) is 3.57. The SMILES string of the molecule is Cc1ccc(-c2noc(CCC(=O)N[C@H]3CCCc4ccccc43)n2)cc1. The van der Waals surface area contributed by atoms with Crippen molar-refractivity contribution in [1.82, 2.24) is 15.5 Å². The number of rotatable bonds is 5. The lowest BCUT2D eigenvalue weighted by atomic mass is 9.87. The normalized spacial score (nSPS) is 16.0. The predicted molar refractivity (Wildman–Crippen MR) is 103 cm³/mol. The van der Waals surface area contributed by atoms with Crippen molar-refractivity contribution in [2.24, 2.45) is 0 Å². The molecule has 0 saturated heterocycles. The summed E-state index contributed by atoms with van der Waals surface area (Å²) in [7, 11) is 0. The Balaban J connectivity index is 1.34. The van der Waals surface area contributed by atoms with Crippen LogP contribution >= 0.6 is 0 Å². The van der Waals surface area contributed by atoms with E-state index in [0.717, 1.165) is 24.8 Å².